The maximum Gasteiger partial charge on any atom is 0.255 e. The molecule has 0 saturated carbocycles. The molecule has 1 fully saturated rings. The van der Waals surface area contributed by atoms with Gasteiger partial charge in [-0.2, -0.15) is 0 Å². The van der Waals surface area contributed by atoms with Crippen molar-refractivity contribution in [3.63, 3.8) is 0 Å². The molecule has 0 atom stereocenters. The molecule has 2 rings (SSSR count). The second kappa shape index (κ2) is 13.4. The molecule has 0 unspecified atom stereocenters. The zero-order chi connectivity index (χ0) is 19.5. The van der Waals surface area contributed by atoms with Gasteiger partial charge in [0.1, 0.15) is 5.75 Å². The summed E-state index contributed by atoms with van der Waals surface area (Å²) < 4.78 is 5.35. The Hall–Kier alpha value is -1.81. The van der Waals surface area contributed by atoms with Gasteiger partial charge in [0.25, 0.3) is 5.91 Å². The number of aliphatic imine (C=N–C) groups is 1. The Kier molecular flexibility index (Phi) is 11.6. The molecule has 4 N–H and O–H groups in total. The average Bonchev–Trinajstić information content (AvgIpc) is 2.67. The van der Waals surface area contributed by atoms with Gasteiger partial charge in [-0.1, -0.05) is 18.2 Å². The molecule has 1 aliphatic heterocycles. The standard InChI is InChI=1S/C20H31N5O2.HI/c1-3-10-25-11-8-17(9-12-25)24-20(22-4-2)23-14-16-6-5-7-18(13-16)27-15-19(21)26;/h3,5-7,13,17H,1,4,8-12,14-15H2,2H3,(H2,21,26)(H2,22,23,24);1H. The topological polar surface area (TPSA) is 92.0 Å². The first-order chi connectivity index (χ1) is 13.1. The van der Waals surface area contributed by atoms with E-state index in [0.29, 0.717) is 18.3 Å². The van der Waals surface area contributed by atoms with Crippen LogP contribution in [0.2, 0.25) is 0 Å². The van der Waals surface area contributed by atoms with Gasteiger partial charge in [0, 0.05) is 32.2 Å². The summed E-state index contributed by atoms with van der Waals surface area (Å²) in [6.45, 7) is 10.2. The Balaban J connectivity index is 0.00000392. The van der Waals surface area contributed by atoms with Crippen molar-refractivity contribution in [3.8, 4) is 5.75 Å². The summed E-state index contributed by atoms with van der Waals surface area (Å²) in [7, 11) is 0. The number of amides is 1. The predicted molar refractivity (Wildman–Crippen MR) is 124 cm³/mol. The molecule has 1 aromatic carbocycles. The van der Waals surface area contributed by atoms with Gasteiger partial charge in [-0.05, 0) is 37.5 Å². The van der Waals surface area contributed by atoms with Crippen molar-refractivity contribution in [2.75, 3.05) is 32.8 Å². The van der Waals surface area contributed by atoms with Crippen LogP contribution in [0.5, 0.6) is 5.75 Å². The van der Waals surface area contributed by atoms with E-state index in [4.69, 9.17) is 10.5 Å². The molecule has 1 aliphatic rings. The van der Waals surface area contributed by atoms with Crippen LogP contribution in [0.25, 0.3) is 0 Å². The highest BCUT2D eigenvalue weighted by molar-refractivity contribution is 14.0. The number of nitrogens with one attached hydrogen (secondary N) is 2. The molecule has 156 valence electrons. The predicted octanol–water partition coefficient (Wildman–Crippen LogP) is 1.87. The minimum absolute atomic E-state index is 0. The van der Waals surface area contributed by atoms with Crippen LogP contribution < -0.4 is 21.1 Å². The highest BCUT2D eigenvalue weighted by Gasteiger charge is 2.19. The first-order valence-electron chi connectivity index (χ1n) is 9.48. The minimum Gasteiger partial charge on any atom is -0.484 e. The normalized spacial score (nSPS) is 15.4. The molecule has 8 heteroatoms. The van der Waals surface area contributed by atoms with Gasteiger partial charge in [0.05, 0.1) is 6.54 Å². The Morgan fingerprint density at radius 1 is 1.43 bits per heavy atom. The molecule has 1 amide bonds. The lowest BCUT2D eigenvalue weighted by atomic mass is 10.1. The molecule has 1 heterocycles. The van der Waals surface area contributed by atoms with Gasteiger partial charge in [-0.15, -0.1) is 30.6 Å². The lowest BCUT2D eigenvalue weighted by molar-refractivity contribution is -0.119. The van der Waals surface area contributed by atoms with E-state index in [1.807, 2.05) is 24.3 Å². The third kappa shape index (κ3) is 8.92. The maximum atomic E-state index is 10.8. The van der Waals surface area contributed by atoms with Crippen molar-refractivity contribution >= 4 is 35.8 Å². The fourth-order valence-electron chi connectivity index (χ4n) is 3.01. The number of nitrogens with two attached hydrogens (primary N) is 1. The average molecular weight is 501 g/mol. The number of nitrogens with zero attached hydrogens (tertiary/aromatic N) is 2. The zero-order valence-corrected chi connectivity index (χ0v) is 18.9. The van der Waals surface area contributed by atoms with E-state index >= 15 is 0 Å². The summed E-state index contributed by atoms with van der Waals surface area (Å²) in [5.41, 5.74) is 6.12. The SMILES string of the molecule is C=CCN1CCC(NC(=NCc2cccc(OCC(N)=O)c2)NCC)CC1.I. The molecule has 28 heavy (non-hydrogen) atoms. The molecule has 0 radical (unpaired) electrons. The second-order valence-corrected chi connectivity index (χ2v) is 6.61. The summed E-state index contributed by atoms with van der Waals surface area (Å²) in [6.07, 6.45) is 4.14. The van der Waals surface area contributed by atoms with Gasteiger partial charge >= 0.3 is 0 Å². The highest BCUT2D eigenvalue weighted by atomic mass is 127. The number of carbonyl (C=O) groups is 1. The van der Waals surface area contributed by atoms with Crippen LogP contribution in [0.3, 0.4) is 0 Å². The summed E-state index contributed by atoms with van der Waals surface area (Å²) in [6, 6.07) is 7.98. The van der Waals surface area contributed by atoms with Crippen molar-refractivity contribution < 1.29 is 9.53 Å². The largest absolute Gasteiger partial charge is 0.484 e. The number of likely N-dealkylation sites (tertiary alicyclic amines) is 1. The Labute approximate surface area is 184 Å². The number of hydrogen-bond acceptors (Lipinski definition) is 4. The first-order valence-corrected chi connectivity index (χ1v) is 9.48. The lowest BCUT2D eigenvalue weighted by Crippen LogP contribution is -2.48. The molecule has 0 spiro atoms. The van der Waals surface area contributed by atoms with Gasteiger partial charge in [0.2, 0.25) is 0 Å². The number of rotatable bonds is 9. The van der Waals surface area contributed by atoms with E-state index in [1.54, 1.807) is 6.07 Å². The van der Waals surface area contributed by atoms with E-state index in [9.17, 15) is 4.79 Å². The molecule has 0 bridgehead atoms. The summed E-state index contributed by atoms with van der Waals surface area (Å²) in [5, 5.41) is 6.85. The number of primary amides is 1. The lowest BCUT2D eigenvalue weighted by Gasteiger charge is -2.32. The van der Waals surface area contributed by atoms with Crippen LogP contribution in [-0.2, 0) is 11.3 Å². The van der Waals surface area contributed by atoms with E-state index in [-0.39, 0.29) is 30.6 Å². The number of ether oxygens (including phenoxy) is 1. The third-order valence-corrected chi connectivity index (χ3v) is 4.36. The smallest absolute Gasteiger partial charge is 0.255 e. The Morgan fingerprint density at radius 3 is 2.82 bits per heavy atom. The van der Waals surface area contributed by atoms with E-state index in [0.717, 1.165) is 50.5 Å². The highest BCUT2D eigenvalue weighted by Crippen LogP contribution is 2.14. The number of halogens is 1. The van der Waals surface area contributed by atoms with Crippen molar-refractivity contribution in [1.29, 1.82) is 0 Å². The van der Waals surface area contributed by atoms with Crippen LogP contribution in [0.15, 0.2) is 41.9 Å². The molecule has 0 aliphatic carbocycles. The van der Waals surface area contributed by atoms with Crippen LogP contribution in [0.1, 0.15) is 25.3 Å². The zero-order valence-electron chi connectivity index (χ0n) is 16.5. The van der Waals surface area contributed by atoms with Gasteiger partial charge in [-0.3, -0.25) is 9.69 Å². The van der Waals surface area contributed by atoms with E-state index in [1.165, 1.54) is 0 Å². The van der Waals surface area contributed by atoms with Crippen LogP contribution >= 0.6 is 24.0 Å². The van der Waals surface area contributed by atoms with Crippen LogP contribution in [0, 0.1) is 0 Å². The number of carbonyl (C=O) groups excluding carboxylic acids is 1. The third-order valence-electron chi connectivity index (χ3n) is 4.36. The van der Waals surface area contributed by atoms with Crippen molar-refractivity contribution in [3.05, 3.63) is 42.5 Å². The molecule has 0 aromatic heterocycles. The minimum atomic E-state index is -0.490. The maximum absolute atomic E-state index is 10.8. The fourth-order valence-corrected chi connectivity index (χ4v) is 3.01. The summed E-state index contributed by atoms with van der Waals surface area (Å²) in [5.74, 6) is 0.952. The van der Waals surface area contributed by atoms with Crippen LogP contribution in [0.4, 0.5) is 0 Å². The quantitative estimate of drug-likeness (QED) is 0.208. The number of piperidine rings is 1. The molecular weight excluding hydrogens is 469 g/mol. The monoisotopic (exact) mass is 501 g/mol. The molecular formula is C20H32IN5O2. The van der Waals surface area contributed by atoms with Crippen molar-refractivity contribution in [2.24, 2.45) is 10.7 Å². The fraction of sp³-hybridized carbons (Fsp3) is 0.500. The number of guanidine groups is 1. The molecule has 1 aromatic rings. The van der Waals surface area contributed by atoms with Crippen LogP contribution in [-0.4, -0.2) is 55.6 Å². The number of hydrogen-bond donors (Lipinski definition) is 3. The van der Waals surface area contributed by atoms with Gasteiger partial charge in [0.15, 0.2) is 12.6 Å². The summed E-state index contributed by atoms with van der Waals surface area (Å²) >= 11 is 0. The number of benzene rings is 1. The first kappa shape index (κ1) is 24.2. The van der Waals surface area contributed by atoms with E-state index in [2.05, 4.69) is 34.0 Å². The van der Waals surface area contributed by atoms with Gasteiger partial charge < -0.3 is 21.1 Å². The van der Waals surface area contributed by atoms with Crippen molar-refractivity contribution in [1.82, 2.24) is 15.5 Å². The Bertz CT molecular complexity index is 645. The van der Waals surface area contributed by atoms with Crippen molar-refractivity contribution in [2.45, 2.75) is 32.4 Å². The van der Waals surface area contributed by atoms with E-state index < -0.39 is 5.91 Å². The summed E-state index contributed by atoms with van der Waals surface area (Å²) in [4.78, 5) is 17.9. The Morgan fingerprint density at radius 2 is 2.18 bits per heavy atom. The second-order valence-electron chi connectivity index (χ2n) is 6.61. The molecule has 1 saturated heterocycles. The molecule has 7 nitrogen and oxygen atoms in total. The van der Waals surface area contributed by atoms with Gasteiger partial charge in [-0.25, -0.2) is 4.99 Å².